The van der Waals surface area contributed by atoms with Gasteiger partial charge in [0.05, 0.1) is 0 Å². The molecule has 2 N–H and O–H groups in total. The number of hydrogen-bond acceptors (Lipinski definition) is 1. The molecule has 1 nitrogen and oxygen atoms in total. The van der Waals surface area contributed by atoms with Crippen LogP contribution in [0.1, 0.15) is 51.9 Å². The summed E-state index contributed by atoms with van der Waals surface area (Å²) < 4.78 is 0. The van der Waals surface area contributed by atoms with E-state index in [9.17, 15) is 0 Å². The molecule has 1 heteroatoms. The van der Waals surface area contributed by atoms with Crippen molar-refractivity contribution in [2.24, 2.45) is 28.9 Å². The van der Waals surface area contributed by atoms with Gasteiger partial charge in [0.1, 0.15) is 0 Å². The molecule has 0 aromatic heterocycles. The Morgan fingerprint density at radius 3 is 1.86 bits per heavy atom. The maximum absolute atomic E-state index is 6.01. The fourth-order valence-electron chi connectivity index (χ4n) is 5.22. The van der Waals surface area contributed by atoms with Crippen LogP contribution in [0.4, 0.5) is 0 Å². The van der Waals surface area contributed by atoms with Gasteiger partial charge in [-0.15, -0.1) is 0 Å². The van der Waals surface area contributed by atoms with E-state index in [1.54, 1.807) is 19.3 Å². The van der Waals surface area contributed by atoms with Crippen molar-refractivity contribution < 1.29 is 0 Å². The number of hydrogen-bond donors (Lipinski definition) is 1. The van der Waals surface area contributed by atoms with E-state index >= 15 is 0 Å². The molecule has 4 aliphatic rings. The molecule has 0 saturated heterocycles. The third-order valence-corrected chi connectivity index (χ3v) is 4.92. The van der Waals surface area contributed by atoms with E-state index in [-0.39, 0.29) is 0 Å². The smallest absolute Gasteiger partial charge is 0.00157 e. The number of nitrogens with two attached hydrogens (primary N) is 1. The van der Waals surface area contributed by atoms with Gasteiger partial charge in [-0.25, -0.2) is 0 Å². The Balaban J connectivity index is 1.80. The Labute approximate surface area is 87.4 Å². The van der Waals surface area contributed by atoms with Gasteiger partial charge < -0.3 is 5.73 Å². The summed E-state index contributed by atoms with van der Waals surface area (Å²) in [5.41, 5.74) is 6.71. The molecule has 0 unspecified atom stereocenters. The highest BCUT2D eigenvalue weighted by Gasteiger charge is 2.50. The second-order valence-electron chi connectivity index (χ2n) is 6.60. The van der Waals surface area contributed by atoms with Crippen LogP contribution in [-0.2, 0) is 0 Å². The Kier molecular flexibility index (Phi) is 1.96. The maximum atomic E-state index is 6.01. The van der Waals surface area contributed by atoms with E-state index in [0.717, 1.165) is 17.8 Å². The molecule has 0 aromatic carbocycles. The lowest BCUT2D eigenvalue weighted by Crippen LogP contribution is -2.47. The summed E-state index contributed by atoms with van der Waals surface area (Å²) in [6.45, 7) is 2.19. The standard InChI is InChI=1S/C13H23N/c1-9(14)5-13-6-10-2-11(7-13)4-12(3-10)8-13/h9-12H,2-8,14H2,1H3/t9-,10?,11?,12?,13?/m0/s1. The van der Waals surface area contributed by atoms with Crippen LogP contribution in [-0.4, -0.2) is 6.04 Å². The fraction of sp³-hybridized carbons (Fsp3) is 1.00. The molecule has 0 radical (unpaired) electrons. The highest BCUT2D eigenvalue weighted by Crippen LogP contribution is 2.61. The summed E-state index contributed by atoms with van der Waals surface area (Å²) in [4.78, 5) is 0. The molecule has 0 aromatic rings. The zero-order valence-corrected chi connectivity index (χ0v) is 9.34. The van der Waals surface area contributed by atoms with Gasteiger partial charge >= 0.3 is 0 Å². The van der Waals surface area contributed by atoms with Crippen LogP contribution >= 0.6 is 0 Å². The summed E-state index contributed by atoms with van der Waals surface area (Å²) in [6, 6.07) is 0.422. The summed E-state index contributed by atoms with van der Waals surface area (Å²) in [6.07, 6.45) is 10.5. The van der Waals surface area contributed by atoms with E-state index < -0.39 is 0 Å². The van der Waals surface area contributed by atoms with Gasteiger partial charge in [0.2, 0.25) is 0 Å². The lowest BCUT2D eigenvalue weighted by molar-refractivity contribution is -0.0595. The molecule has 0 spiro atoms. The molecule has 4 aliphatic carbocycles. The van der Waals surface area contributed by atoms with Crippen molar-refractivity contribution in [3.8, 4) is 0 Å². The van der Waals surface area contributed by atoms with Crippen molar-refractivity contribution in [3.05, 3.63) is 0 Å². The van der Waals surface area contributed by atoms with Crippen molar-refractivity contribution in [2.45, 2.75) is 57.9 Å². The Morgan fingerprint density at radius 1 is 1.07 bits per heavy atom. The second kappa shape index (κ2) is 2.98. The van der Waals surface area contributed by atoms with Crippen molar-refractivity contribution in [2.75, 3.05) is 0 Å². The van der Waals surface area contributed by atoms with E-state index in [1.807, 2.05) is 0 Å². The average molecular weight is 193 g/mol. The molecule has 0 amide bonds. The largest absolute Gasteiger partial charge is 0.328 e. The minimum absolute atomic E-state index is 0.422. The third kappa shape index (κ3) is 1.41. The molecule has 4 saturated carbocycles. The van der Waals surface area contributed by atoms with Crippen LogP contribution < -0.4 is 5.73 Å². The van der Waals surface area contributed by atoms with Crippen LogP contribution in [0.25, 0.3) is 0 Å². The van der Waals surface area contributed by atoms with Gasteiger partial charge in [0.25, 0.3) is 0 Å². The zero-order valence-electron chi connectivity index (χ0n) is 9.34. The predicted octanol–water partition coefficient (Wildman–Crippen LogP) is 2.94. The molecule has 1 atom stereocenters. The van der Waals surface area contributed by atoms with Crippen LogP contribution in [0.15, 0.2) is 0 Å². The quantitative estimate of drug-likeness (QED) is 0.717. The lowest BCUT2D eigenvalue weighted by atomic mass is 9.48. The van der Waals surface area contributed by atoms with E-state index in [4.69, 9.17) is 5.73 Å². The van der Waals surface area contributed by atoms with Gasteiger partial charge in [-0.05, 0) is 75.0 Å². The summed E-state index contributed by atoms with van der Waals surface area (Å²) >= 11 is 0. The topological polar surface area (TPSA) is 26.0 Å². The molecule has 14 heavy (non-hydrogen) atoms. The minimum Gasteiger partial charge on any atom is -0.328 e. The molecule has 0 heterocycles. The van der Waals surface area contributed by atoms with E-state index in [1.165, 1.54) is 25.7 Å². The van der Waals surface area contributed by atoms with E-state index in [0.29, 0.717) is 11.5 Å². The average Bonchev–Trinajstić information content (AvgIpc) is 1.96. The van der Waals surface area contributed by atoms with Crippen molar-refractivity contribution in [1.82, 2.24) is 0 Å². The predicted molar refractivity (Wildman–Crippen MR) is 58.9 cm³/mol. The summed E-state index contributed by atoms with van der Waals surface area (Å²) in [5, 5.41) is 0. The molecule has 80 valence electrons. The summed E-state index contributed by atoms with van der Waals surface area (Å²) in [7, 11) is 0. The molecule has 4 bridgehead atoms. The molecule has 0 aliphatic heterocycles. The van der Waals surface area contributed by atoms with Crippen molar-refractivity contribution >= 4 is 0 Å². The first-order valence-corrected chi connectivity index (χ1v) is 6.41. The fourth-order valence-corrected chi connectivity index (χ4v) is 5.22. The van der Waals surface area contributed by atoms with Gasteiger partial charge in [-0.3, -0.25) is 0 Å². The second-order valence-corrected chi connectivity index (χ2v) is 6.60. The van der Waals surface area contributed by atoms with Crippen LogP contribution in [0.5, 0.6) is 0 Å². The van der Waals surface area contributed by atoms with Gasteiger partial charge in [-0.2, -0.15) is 0 Å². The monoisotopic (exact) mass is 193 g/mol. The first-order chi connectivity index (χ1) is 6.65. The molecular weight excluding hydrogens is 170 g/mol. The molecular formula is C13H23N. The lowest BCUT2D eigenvalue weighted by Gasteiger charge is -2.57. The van der Waals surface area contributed by atoms with Crippen molar-refractivity contribution in [1.29, 1.82) is 0 Å². The molecule has 4 rings (SSSR count). The Hall–Kier alpha value is -0.0400. The van der Waals surface area contributed by atoms with Gasteiger partial charge in [0.15, 0.2) is 0 Å². The Morgan fingerprint density at radius 2 is 1.50 bits per heavy atom. The van der Waals surface area contributed by atoms with E-state index in [2.05, 4.69) is 6.92 Å². The van der Waals surface area contributed by atoms with Gasteiger partial charge in [0, 0.05) is 6.04 Å². The van der Waals surface area contributed by atoms with Gasteiger partial charge in [-0.1, -0.05) is 0 Å². The summed E-state index contributed by atoms with van der Waals surface area (Å²) in [5.74, 6) is 3.25. The Bertz CT molecular complexity index is 190. The first-order valence-electron chi connectivity index (χ1n) is 6.41. The highest BCUT2D eigenvalue weighted by molar-refractivity contribution is 5.01. The molecule has 4 fully saturated rings. The van der Waals surface area contributed by atoms with Crippen LogP contribution in [0, 0.1) is 23.2 Å². The number of rotatable bonds is 2. The maximum Gasteiger partial charge on any atom is 0.00157 e. The van der Waals surface area contributed by atoms with Crippen LogP contribution in [0.2, 0.25) is 0 Å². The zero-order chi connectivity index (χ0) is 9.76. The highest BCUT2D eigenvalue weighted by atomic mass is 14.6. The minimum atomic E-state index is 0.422. The third-order valence-electron chi connectivity index (χ3n) is 4.92. The van der Waals surface area contributed by atoms with Crippen LogP contribution in [0.3, 0.4) is 0 Å². The normalized spacial score (nSPS) is 52.3. The first kappa shape index (κ1) is 9.21. The SMILES string of the molecule is C[C@H](N)CC12CC3CC(CC(C3)C1)C2. The van der Waals surface area contributed by atoms with Crippen molar-refractivity contribution in [3.63, 3.8) is 0 Å².